The number of rotatable bonds is 7. The van der Waals surface area contributed by atoms with Crippen LogP contribution < -0.4 is 5.32 Å². The van der Waals surface area contributed by atoms with Crippen LogP contribution in [0.4, 0.5) is 0 Å². The second-order valence-electron chi connectivity index (χ2n) is 6.40. The molecule has 0 aliphatic rings. The Kier molecular flexibility index (Phi) is 6.88. The molecular formula is C17H28ClN. The van der Waals surface area contributed by atoms with Gasteiger partial charge in [-0.1, -0.05) is 51.4 Å². The highest BCUT2D eigenvalue weighted by Crippen LogP contribution is 2.20. The maximum atomic E-state index is 5.94. The first-order chi connectivity index (χ1) is 8.88. The predicted octanol–water partition coefficient (Wildman–Crippen LogP) is 5.45. The molecule has 0 saturated carbocycles. The lowest BCUT2D eigenvalue weighted by atomic mass is 9.94. The van der Waals surface area contributed by atoms with Crippen LogP contribution in [0.5, 0.6) is 0 Å². The minimum absolute atomic E-state index is 0.375. The van der Waals surface area contributed by atoms with Gasteiger partial charge in [-0.2, -0.15) is 0 Å². The number of nitrogens with one attached hydrogen (secondary N) is 1. The summed E-state index contributed by atoms with van der Waals surface area (Å²) in [6, 6.07) is 9.12. The average Bonchev–Trinajstić information content (AvgIpc) is 2.27. The first-order valence-corrected chi connectivity index (χ1v) is 7.77. The van der Waals surface area contributed by atoms with Crippen molar-refractivity contribution in [2.24, 2.45) is 11.8 Å². The summed E-state index contributed by atoms with van der Waals surface area (Å²) in [5.74, 6) is 1.46. The highest BCUT2D eigenvalue weighted by Gasteiger charge is 2.16. The number of hydrogen-bond acceptors (Lipinski definition) is 1. The van der Waals surface area contributed by atoms with E-state index in [9.17, 15) is 0 Å². The Hall–Kier alpha value is -0.530. The van der Waals surface area contributed by atoms with E-state index in [1.54, 1.807) is 0 Å². The topological polar surface area (TPSA) is 12.0 Å². The molecule has 0 aromatic heterocycles. The summed E-state index contributed by atoms with van der Waals surface area (Å²) in [6.45, 7) is 11.4. The molecule has 1 nitrogen and oxygen atoms in total. The van der Waals surface area contributed by atoms with Crippen LogP contribution >= 0.6 is 11.6 Å². The van der Waals surface area contributed by atoms with E-state index in [4.69, 9.17) is 11.6 Å². The molecule has 0 radical (unpaired) electrons. The van der Waals surface area contributed by atoms with Gasteiger partial charge in [0.2, 0.25) is 0 Å². The van der Waals surface area contributed by atoms with Crippen molar-refractivity contribution in [1.29, 1.82) is 0 Å². The maximum absolute atomic E-state index is 5.94. The van der Waals surface area contributed by atoms with Crippen LogP contribution in [-0.4, -0.2) is 6.04 Å². The first-order valence-electron chi connectivity index (χ1n) is 7.40. The van der Waals surface area contributed by atoms with Gasteiger partial charge in [0.1, 0.15) is 0 Å². The molecule has 1 N–H and O–H groups in total. The Morgan fingerprint density at radius 3 is 1.79 bits per heavy atom. The van der Waals surface area contributed by atoms with Crippen LogP contribution in [0, 0.1) is 11.8 Å². The molecule has 0 aliphatic heterocycles. The van der Waals surface area contributed by atoms with E-state index < -0.39 is 0 Å². The molecule has 1 unspecified atom stereocenters. The fraction of sp³-hybridized carbons (Fsp3) is 0.647. The molecule has 1 aromatic rings. The normalized spacial score (nSPS) is 13.5. The highest BCUT2D eigenvalue weighted by molar-refractivity contribution is 6.30. The van der Waals surface area contributed by atoms with E-state index in [0.717, 1.165) is 16.9 Å². The fourth-order valence-electron chi connectivity index (χ4n) is 2.57. The predicted molar refractivity (Wildman–Crippen MR) is 85.7 cm³/mol. The van der Waals surface area contributed by atoms with Gasteiger partial charge in [0.05, 0.1) is 0 Å². The monoisotopic (exact) mass is 281 g/mol. The van der Waals surface area contributed by atoms with Gasteiger partial charge in [-0.25, -0.2) is 0 Å². The van der Waals surface area contributed by atoms with Crippen molar-refractivity contribution in [2.75, 3.05) is 0 Å². The molecule has 1 aromatic carbocycles. The summed E-state index contributed by atoms with van der Waals surface area (Å²) in [5, 5.41) is 4.57. The van der Waals surface area contributed by atoms with Gasteiger partial charge in [-0.15, -0.1) is 0 Å². The van der Waals surface area contributed by atoms with E-state index in [0.29, 0.717) is 12.1 Å². The Morgan fingerprint density at radius 1 is 0.895 bits per heavy atom. The van der Waals surface area contributed by atoms with Crippen molar-refractivity contribution in [1.82, 2.24) is 5.32 Å². The third-order valence-electron chi connectivity index (χ3n) is 3.37. The molecule has 19 heavy (non-hydrogen) atoms. The third kappa shape index (κ3) is 6.44. The van der Waals surface area contributed by atoms with E-state index in [1.165, 1.54) is 18.4 Å². The lowest BCUT2D eigenvalue weighted by molar-refractivity contribution is 0.335. The summed E-state index contributed by atoms with van der Waals surface area (Å²) < 4.78 is 0. The van der Waals surface area contributed by atoms with Crippen molar-refractivity contribution in [3.05, 3.63) is 34.9 Å². The minimum atomic E-state index is 0.375. The van der Waals surface area contributed by atoms with Crippen molar-refractivity contribution < 1.29 is 0 Å². The summed E-state index contributed by atoms with van der Waals surface area (Å²) in [6.07, 6.45) is 2.46. The number of benzene rings is 1. The second kappa shape index (κ2) is 7.91. The SMILES string of the molecule is CC(C)CC(CC(C)C)NC(C)c1ccc(Cl)cc1. The van der Waals surface area contributed by atoms with E-state index in [1.807, 2.05) is 12.1 Å². The quantitative estimate of drug-likeness (QED) is 0.700. The van der Waals surface area contributed by atoms with Crippen LogP contribution in [-0.2, 0) is 0 Å². The van der Waals surface area contributed by atoms with E-state index in [2.05, 4.69) is 52.1 Å². The van der Waals surface area contributed by atoms with Crippen LogP contribution in [0.15, 0.2) is 24.3 Å². The van der Waals surface area contributed by atoms with Crippen LogP contribution in [0.3, 0.4) is 0 Å². The summed E-state index contributed by atoms with van der Waals surface area (Å²) in [4.78, 5) is 0. The zero-order valence-corrected chi connectivity index (χ0v) is 13.7. The first kappa shape index (κ1) is 16.5. The van der Waals surface area contributed by atoms with Gasteiger partial charge in [-0.3, -0.25) is 0 Å². The molecule has 0 amide bonds. The molecule has 1 rings (SSSR count). The molecule has 0 heterocycles. The van der Waals surface area contributed by atoms with Crippen LogP contribution in [0.2, 0.25) is 5.02 Å². The average molecular weight is 282 g/mol. The van der Waals surface area contributed by atoms with Gasteiger partial charge in [0, 0.05) is 17.1 Å². The Balaban J connectivity index is 2.63. The van der Waals surface area contributed by atoms with Gasteiger partial charge in [0.25, 0.3) is 0 Å². The van der Waals surface area contributed by atoms with Crippen LogP contribution in [0.1, 0.15) is 59.1 Å². The van der Waals surface area contributed by atoms with Gasteiger partial charge >= 0.3 is 0 Å². The maximum Gasteiger partial charge on any atom is 0.0406 e. The van der Waals surface area contributed by atoms with Gasteiger partial charge < -0.3 is 5.32 Å². The fourth-order valence-corrected chi connectivity index (χ4v) is 2.70. The van der Waals surface area contributed by atoms with Crippen molar-refractivity contribution >= 4 is 11.6 Å². The molecule has 0 spiro atoms. The molecular weight excluding hydrogens is 254 g/mol. The Morgan fingerprint density at radius 2 is 1.37 bits per heavy atom. The summed E-state index contributed by atoms with van der Waals surface area (Å²) >= 11 is 5.94. The molecule has 1 atom stereocenters. The largest absolute Gasteiger partial charge is 0.307 e. The van der Waals surface area contributed by atoms with Gasteiger partial charge in [-0.05, 0) is 49.3 Å². The minimum Gasteiger partial charge on any atom is -0.307 e. The lowest BCUT2D eigenvalue weighted by Gasteiger charge is -2.26. The van der Waals surface area contributed by atoms with Gasteiger partial charge in [0.15, 0.2) is 0 Å². The molecule has 0 aliphatic carbocycles. The molecule has 0 bridgehead atoms. The summed E-state index contributed by atoms with van der Waals surface area (Å²) in [7, 11) is 0. The van der Waals surface area contributed by atoms with Crippen molar-refractivity contribution in [3.63, 3.8) is 0 Å². The lowest BCUT2D eigenvalue weighted by Crippen LogP contribution is -2.33. The zero-order valence-electron chi connectivity index (χ0n) is 12.9. The van der Waals surface area contributed by atoms with Crippen molar-refractivity contribution in [2.45, 2.75) is 59.5 Å². The zero-order chi connectivity index (χ0) is 14.4. The molecule has 0 saturated heterocycles. The van der Waals surface area contributed by atoms with Crippen LogP contribution in [0.25, 0.3) is 0 Å². The van der Waals surface area contributed by atoms with Crippen molar-refractivity contribution in [3.8, 4) is 0 Å². The van der Waals surface area contributed by atoms with E-state index >= 15 is 0 Å². The smallest absolute Gasteiger partial charge is 0.0406 e. The second-order valence-corrected chi connectivity index (χ2v) is 6.83. The standard InChI is InChI=1S/C17H28ClN/c1-12(2)10-17(11-13(3)4)19-14(5)15-6-8-16(18)9-7-15/h6-9,12-14,17,19H,10-11H2,1-5H3. The Bertz CT molecular complexity index is 346. The third-order valence-corrected chi connectivity index (χ3v) is 3.62. The highest BCUT2D eigenvalue weighted by atomic mass is 35.5. The molecule has 0 fully saturated rings. The summed E-state index contributed by atoms with van der Waals surface area (Å²) in [5.41, 5.74) is 1.31. The van der Waals surface area contributed by atoms with E-state index in [-0.39, 0.29) is 0 Å². The molecule has 108 valence electrons. The number of halogens is 1. The Labute approximate surface area is 123 Å². The molecule has 2 heteroatoms. The number of hydrogen-bond donors (Lipinski definition) is 1.